The van der Waals surface area contributed by atoms with E-state index in [4.69, 9.17) is 10.5 Å². The Morgan fingerprint density at radius 3 is 2.53 bits per heavy atom. The van der Waals surface area contributed by atoms with Gasteiger partial charge in [-0.2, -0.15) is 4.98 Å². The zero-order valence-electron chi connectivity index (χ0n) is 9.77. The van der Waals surface area contributed by atoms with Gasteiger partial charge in [-0.25, -0.2) is 4.98 Å². The van der Waals surface area contributed by atoms with E-state index >= 15 is 0 Å². The normalized spacial score (nSPS) is 10.0. The largest absolute Gasteiger partial charge is 0.481 e. The number of anilines is 3. The van der Waals surface area contributed by atoms with Gasteiger partial charge in [0.15, 0.2) is 0 Å². The first-order chi connectivity index (χ1) is 8.17. The molecule has 5 heteroatoms. The van der Waals surface area contributed by atoms with Crippen molar-refractivity contribution in [2.75, 3.05) is 18.2 Å². The first-order valence-electron chi connectivity index (χ1n) is 5.19. The van der Waals surface area contributed by atoms with Gasteiger partial charge in [0.1, 0.15) is 0 Å². The van der Waals surface area contributed by atoms with Gasteiger partial charge in [0.2, 0.25) is 11.8 Å². The zero-order valence-corrected chi connectivity index (χ0v) is 9.77. The molecule has 0 aliphatic rings. The van der Waals surface area contributed by atoms with Crippen molar-refractivity contribution in [3.63, 3.8) is 0 Å². The molecule has 2 aromatic rings. The van der Waals surface area contributed by atoms with Crippen LogP contribution in [0.1, 0.15) is 5.69 Å². The van der Waals surface area contributed by atoms with Crippen molar-refractivity contribution >= 4 is 17.3 Å². The molecule has 88 valence electrons. The lowest BCUT2D eigenvalue weighted by Gasteiger charge is -2.07. The Balaban J connectivity index is 2.23. The molecule has 0 amide bonds. The fraction of sp³-hybridized carbons (Fsp3) is 0.167. The molecule has 0 saturated carbocycles. The van der Waals surface area contributed by atoms with E-state index in [1.54, 1.807) is 13.2 Å². The molecule has 1 aromatic heterocycles. The highest BCUT2D eigenvalue weighted by Crippen LogP contribution is 2.17. The molecule has 0 aliphatic heterocycles. The van der Waals surface area contributed by atoms with E-state index in [-0.39, 0.29) is 0 Å². The van der Waals surface area contributed by atoms with Gasteiger partial charge < -0.3 is 15.8 Å². The summed E-state index contributed by atoms with van der Waals surface area (Å²) in [4.78, 5) is 8.46. The van der Waals surface area contributed by atoms with Crippen LogP contribution in [0, 0.1) is 6.92 Å². The molecule has 0 radical (unpaired) electrons. The number of nitrogens with zero attached hydrogens (tertiary/aromatic N) is 2. The molecule has 3 N–H and O–H groups in total. The standard InChI is InChI=1S/C12H14N4O/c1-8-7-11(17-2)16-12(14-8)15-10-5-3-9(13)4-6-10/h3-7H,13H2,1-2H3,(H,14,15,16). The Bertz CT molecular complexity index is 510. The molecule has 1 heterocycles. The van der Waals surface area contributed by atoms with Crippen molar-refractivity contribution in [2.24, 2.45) is 0 Å². The number of methoxy groups -OCH3 is 1. The number of benzene rings is 1. The molecule has 0 saturated heterocycles. The topological polar surface area (TPSA) is 73.1 Å². The van der Waals surface area contributed by atoms with Crippen molar-refractivity contribution in [1.29, 1.82) is 0 Å². The van der Waals surface area contributed by atoms with E-state index in [0.29, 0.717) is 11.8 Å². The summed E-state index contributed by atoms with van der Waals surface area (Å²) >= 11 is 0. The molecule has 0 bridgehead atoms. The Labute approximate surface area is 99.7 Å². The van der Waals surface area contributed by atoms with Gasteiger partial charge in [0.25, 0.3) is 0 Å². The maximum Gasteiger partial charge on any atom is 0.230 e. The maximum absolute atomic E-state index is 5.61. The van der Waals surface area contributed by atoms with Crippen LogP contribution < -0.4 is 15.8 Å². The van der Waals surface area contributed by atoms with Gasteiger partial charge >= 0.3 is 0 Å². The van der Waals surface area contributed by atoms with Gasteiger partial charge in [-0.3, -0.25) is 0 Å². The van der Waals surface area contributed by atoms with Gasteiger partial charge in [0, 0.05) is 23.1 Å². The molecule has 2 rings (SSSR count). The minimum Gasteiger partial charge on any atom is -0.481 e. The predicted octanol–water partition coefficient (Wildman–Crippen LogP) is 2.12. The third-order valence-corrected chi connectivity index (χ3v) is 2.21. The SMILES string of the molecule is COc1cc(C)nc(Nc2ccc(N)cc2)n1. The molecule has 0 spiro atoms. The van der Waals surface area contributed by atoms with E-state index < -0.39 is 0 Å². The lowest BCUT2D eigenvalue weighted by atomic mass is 10.3. The number of aryl methyl sites for hydroxylation is 1. The van der Waals surface area contributed by atoms with Crippen molar-refractivity contribution < 1.29 is 4.74 Å². The Kier molecular flexibility index (Phi) is 3.09. The molecule has 0 atom stereocenters. The van der Waals surface area contributed by atoms with Gasteiger partial charge in [0.05, 0.1) is 7.11 Å². The Hall–Kier alpha value is -2.30. The molecule has 0 aliphatic carbocycles. The number of nitrogens with one attached hydrogen (secondary N) is 1. The van der Waals surface area contributed by atoms with Gasteiger partial charge in [-0.15, -0.1) is 0 Å². The number of nitrogen functional groups attached to an aromatic ring is 1. The Morgan fingerprint density at radius 1 is 1.18 bits per heavy atom. The second-order valence-electron chi connectivity index (χ2n) is 3.62. The number of rotatable bonds is 3. The lowest BCUT2D eigenvalue weighted by Crippen LogP contribution is -2.00. The van der Waals surface area contributed by atoms with E-state index in [2.05, 4.69) is 15.3 Å². The second kappa shape index (κ2) is 4.69. The molecule has 5 nitrogen and oxygen atoms in total. The number of nitrogens with two attached hydrogens (primary N) is 1. The third kappa shape index (κ3) is 2.84. The minimum atomic E-state index is 0.506. The molecule has 0 fully saturated rings. The highest BCUT2D eigenvalue weighted by molar-refractivity contribution is 5.57. The van der Waals surface area contributed by atoms with Gasteiger partial charge in [-0.05, 0) is 31.2 Å². The molecule has 17 heavy (non-hydrogen) atoms. The average Bonchev–Trinajstić information content (AvgIpc) is 2.31. The monoisotopic (exact) mass is 230 g/mol. The number of hydrogen-bond donors (Lipinski definition) is 2. The summed E-state index contributed by atoms with van der Waals surface area (Å²) in [5.41, 5.74) is 8.06. The van der Waals surface area contributed by atoms with Crippen LogP contribution >= 0.6 is 0 Å². The van der Waals surface area contributed by atoms with E-state index in [9.17, 15) is 0 Å². The second-order valence-corrected chi connectivity index (χ2v) is 3.62. The van der Waals surface area contributed by atoms with Crippen LogP contribution in [-0.4, -0.2) is 17.1 Å². The summed E-state index contributed by atoms with van der Waals surface area (Å²) in [7, 11) is 1.58. The minimum absolute atomic E-state index is 0.506. The third-order valence-electron chi connectivity index (χ3n) is 2.21. The van der Waals surface area contributed by atoms with Crippen LogP contribution in [-0.2, 0) is 0 Å². The van der Waals surface area contributed by atoms with Crippen molar-refractivity contribution in [3.05, 3.63) is 36.0 Å². The number of hydrogen-bond acceptors (Lipinski definition) is 5. The first kappa shape index (κ1) is 11.2. The molecular formula is C12H14N4O. The fourth-order valence-electron chi connectivity index (χ4n) is 1.40. The molecular weight excluding hydrogens is 216 g/mol. The summed E-state index contributed by atoms with van der Waals surface area (Å²) in [5, 5.41) is 3.09. The highest BCUT2D eigenvalue weighted by Gasteiger charge is 2.02. The van der Waals surface area contributed by atoms with Gasteiger partial charge in [-0.1, -0.05) is 0 Å². The lowest BCUT2D eigenvalue weighted by molar-refractivity contribution is 0.397. The predicted molar refractivity (Wildman–Crippen MR) is 67.5 cm³/mol. The van der Waals surface area contributed by atoms with Crippen molar-refractivity contribution in [3.8, 4) is 5.88 Å². The van der Waals surface area contributed by atoms with E-state index in [1.165, 1.54) is 0 Å². The van der Waals surface area contributed by atoms with Crippen molar-refractivity contribution in [2.45, 2.75) is 6.92 Å². The van der Waals surface area contributed by atoms with Crippen LogP contribution in [0.2, 0.25) is 0 Å². The number of ether oxygens (including phenoxy) is 1. The first-order valence-corrected chi connectivity index (χ1v) is 5.19. The van der Waals surface area contributed by atoms with Crippen LogP contribution in [0.25, 0.3) is 0 Å². The Morgan fingerprint density at radius 2 is 1.88 bits per heavy atom. The summed E-state index contributed by atoms with van der Waals surface area (Å²) in [6.45, 7) is 1.89. The quantitative estimate of drug-likeness (QED) is 0.790. The number of aromatic nitrogens is 2. The summed E-state index contributed by atoms with van der Waals surface area (Å²) in [6, 6.07) is 9.14. The van der Waals surface area contributed by atoms with Crippen LogP contribution in [0.3, 0.4) is 0 Å². The van der Waals surface area contributed by atoms with E-state index in [0.717, 1.165) is 17.1 Å². The highest BCUT2D eigenvalue weighted by atomic mass is 16.5. The molecule has 1 aromatic carbocycles. The maximum atomic E-state index is 5.61. The van der Waals surface area contributed by atoms with E-state index in [1.807, 2.05) is 31.2 Å². The molecule has 0 unspecified atom stereocenters. The van der Waals surface area contributed by atoms with Crippen LogP contribution in [0.5, 0.6) is 5.88 Å². The van der Waals surface area contributed by atoms with Crippen LogP contribution in [0.15, 0.2) is 30.3 Å². The zero-order chi connectivity index (χ0) is 12.3. The summed E-state index contributed by atoms with van der Waals surface area (Å²) < 4.78 is 5.08. The van der Waals surface area contributed by atoms with Crippen molar-refractivity contribution in [1.82, 2.24) is 9.97 Å². The van der Waals surface area contributed by atoms with Crippen LogP contribution in [0.4, 0.5) is 17.3 Å². The summed E-state index contributed by atoms with van der Waals surface area (Å²) in [5.74, 6) is 1.04. The fourth-order valence-corrected chi connectivity index (χ4v) is 1.40. The summed E-state index contributed by atoms with van der Waals surface area (Å²) in [6.07, 6.45) is 0. The average molecular weight is 230 g/mol. The smallest absolute Gasteiger partial charge is 0.230 e.